The third-order valence-electron chi connectivity index (χ3n) is 2.51. The molecule has 0 saturated heterocycles. The maximum atomic E-state index is 5.83. The first-order valence-corrected chi connectivity index (χ1v) is 5.80. The molecule has 16 heavy (non-hydrogen) atoms. The predicted molar refractivity (Wildman–Crippen MR) is 67.6 cm³/mol. The number of benzene rings is 1. The first kappa shape index (κ1) is 12.9. The van der Waals surface area contributed by atoms with Crippen LogP contribution < -0.4 is 9.47 Å². The Morgan fingerprint density at radius 2 is 1.62 bits per heavy atom. The summed E-state index contributed by atoms with van der Waals surface area (Å²) in [5.74, 6) is 2.34. The highest BCUT2D eigenvalue weighted by Crippen LogP contribution is 2.33. The van der Waals surface area contributed by atoms with Crippen LogP contribution in [0.4, 0.5) is 0 Å². The van der Waals surface area contributed by atoms with Gasteiger partial charge in [-0.2, -0.15) is 0 Å². The van der Waals surface area contributed by atoms with Crippen molar-refractivity contribution in [3.05, 3.63) is 23.3 Å². The zero-order valence-electron chi connectivity index (χ0n) is 11.1. The molecule has 0 aromatic heterocycles. The van der Waals surface area contributed by atoms with Crippen LogP contribution in [0.2, 0.25) is 0 Å². The third kappa shape index (κ3) is 2.91. The number of aryl methyl sites for hydroxylation is 1. The molecule has 90 valence electrons. The Hall–Kier alpha value is -1.18. The molecule has 0 N–H and O–H groups in total. The minimum Gasteiger partial charge on any atom is -0.496 e. The molecule has 0 saturated carbocycles. The molecule has 2 heteroatoms. The van der Waals surface area contributed by atoms with Crippen molar-refractivity contribution < 1.29 is 9.47 Å². The van der Waals surface area contributed by atoms with Gasteiger partial charge in [-0.05, 0) is 44.4 Å². The molecule has 0 radical (unpaired) electrons. The number of rotatable bonds is 4. The van der Waals surface area contributed by atoms with Gasteiger partial charge in [-0.3, -0.25) is 0 Å². The molecule has 0 aliphatic carbocycles. The Morgan fingerprint density at radius 3 is 2.06 bits per heavy atom. The Kier molecular flexibility index (Phi) is 4.22. The first-order chi connectivity index (χ1) is 7.45. The van der Waals surface area contributed by atoms with Crippen molar-refractivity contribution >= 4 is 0 Å². The van der Waals surface area contributed by atoms with Crippen molar-refractivity contribution in [2.24, 2.45) is 0 Å². The molecule has 0 fully saturated rings. The largest absolute Gasteiger partial charge is 0.496 e. The van der Waals surface area contributed by atoms with E-state index in [1.54, 1.807) is 7.11 Å². The molecule has 0 aliphatic heterocycles. The van der Waals surface area contributed by atoms with E-state index in [-0.39, 0.29) is 6.10 Å². The number of methoxy groups -OCH3 is 1. The Balaban J connectivity index is 3.19. The summed E-state index contributed by atoms with van der Waals surface area (Å²) < 4.78 is 11.2. The van der Waals surface area contributed by atoms with Crippen LogP contribution in [0.1, 0.15) is 44.7 Å². The minimum atomic E-state index is 0.199. The fraction of sp³-hybridized carbons (Fsp3) is 0.571. The summed E-state index contributed by atoms with van der Waals surface area (Å²) in [5, 5.41) is 0. The van der Waals surface area contributed by atoms with Crippen LogP contribution in [0.3, 0.4) is 0 Å². The molecule has 1 aromatic rings. The third-order valence-corrected chi connectivity index (χ3v) is 2.51. The molecular formula is C14H22O2. The topological polar surface area (TPSA) is 18.5 Å². The van der Waals surface area contributed by atoms with E-state index in [1.165, 1.54) is 5.56 Å². The molecule has 1 rings (SSSR count). The van der Waals surface area contributed by atoms with Gasteiger partial charge in [0, 0.05) is 5.56 Å². The molecule has 0 heterocycles. The van der Waals surface area contributed by atoms with E-state index in [1.807, 2.05) is 20.8 Å². The van der Waals surface area contributed by atoms with E-state index in [0.717, 1.165) is 17.1 Å². The molecule has 0 spiro atoms. The summed E-state index contributed by atoms with van der Waals surface area (Å²) in [5.41, 5.74) is 2.32. The van der Waals surface area contributed by atoms with Crippen LogP contribution in [0.25, 0.3) is 0 Å². The van der Waals surface area contributed by atoms with Crippen molar-refractivity contribution in [1.29, 1.82) is 0 Å². The van der Waals surface area contributed by atoms with E-state index >= 15 is 0 Å². The molecule has 0 bridgehead atoms. The van der Waals surface area contributed by atoms with Gasteiger partial charge in [-0.15, -0.1) is 0 Å². The lowest BCUT2D eigenvalue weighted by Gasteiger charge is -2.19. The van der Waals surface area contributed by atoms with Gasteiger partial charge in [-0.1, -0.05) is 13.8 Å². The summed E-state index contributed by atoms with van der Waals surface area (Å²) in [6, 6.07) is 4.14. The van der Waals surface area contributed by atoms with Gasteiger partial charge >= 0.3 is 0 Å². The van der Waals surface area contributed by atoms with Gasteiger partial charge in [0.15, 0.2) is 0 Å². The van der Waals surface area contributed by atoms with Gasteiger partial charge in [0.2, 0.25) is 0 Å². The zero-order chi connectivity index (χ0) is 12.3. The molecule has 2 nitrogen and oxygen atoms in total. The molecule has 0 amide bonds. The van der Waals surface area contributed by atoms with E-state index < -0.39 is 0 Å². The highest BCUT2D eigenvalue weighted by molar-refractivity contribution is 5.47. The zero-order valence-corrected chi connectivity index (χ0v) is 11.1. The van der Waals surface area contributed by atoms with Crippen LogP contribution in [-0.2, 0) is 0 Å². The second-order valence-corrected chi connectivity index (χ2v) is 4.68. The van der Waals surface area contributed by atoms with Crippen molar-refractivity contribution in [2.75, 3.05) is 7.11 Å². The Morgan fingerprint density at radius 1 is 1.00 bits per heavy atom. The van der Waals surface area contributed by atoms with Crippen molar-refractivity contribution in [3.63, 3.8) is 0 Å². The first-order valence-electron chi connectivity index (χ1n) is 5.80. The van der Waals surface area contributed by atoms with E-state index in [2.05, 4.69) is 26.0 Å². The fourth-order valence-corrected chi connectivity index (χ4v) is 1.70. The second-order valence-electron chi connectivity index (χ2n) is 4.68. The summed E-state index contributed by atoms with van der Waals surface area (Å²) in [4.78, 5) is 0. The van der Waals surface area contributed by atoms with Gasteiger partial charge in [0.25, 0.3) is 0 Å². The lowest BCUT2D eigenvalue weighted by Crippen LogP contribution is -2.08. The predicted octanol–water partition coefficient (Wildman–Crippen LogP) is 3.91. The normalized spacial score (nSPS) is 11.0. The fourth-order valence-electron chi connectivity index (χ4n) is 1.70. The monoisotopic (exact) mass is 222 g/mol. The molecule has 0 aliphatic rings. The van der Waals surface area contributed by atoms with Crippen molar-refractivity contribution in [2.45, 2.75) is 46.6 Å². The summed E-state index contributed by atoms with van der Waals surface area (Å²) >= 11 is 0. The van der Waals surface area contributed by atoms with Gasteiger partial charge < -0.3 is 9.47 Å². The molecule has 1 aromatic carbocycles. The SMILES string of the molecule is COc1cc(C(C)C)c(OC(C)C)cc1C. The molecule has 0 unspecified atom stereocenters. The maximum absolute atomic E-state index is 5.83. The van der Waals surface area contributed by atoms with E-state index in [9.17, 15) is 0 Å². The van der Waals surface area contributed by atoms with Crippen LogP contribution in [-0.4, -0.2) is 13.2 Å². The average molecular weight is 222 g/mol. The summed E-state index contributed by atoms with van der Waals surface area (Å²) in [6.45, 7) is 10.5. The second kappa shape index (κ2) is 5.24. The van der Waals surface area contributed by atoms with Crippen molar-refractivity contribution in [3.8, 4) is 11.5 Å². The van der Waals surface area contributed by atoms with E-state index in [4.69, 9.17) is 9.47 Å². The Bertz CT molecular complexity index is 354. The molecular weight excluding hydrogens is 200 g/mol. The number of hydrogen-bond acceptors (Lipinski definition) is 2. The number of hydrogen-bond donors (Lipinski definition) is 0. The van der Waals surface area contributed by atoms with Crippen LogP contribution in [0, 0.1) is 6.92 Å². The minimum absolute atomic E-state index is 0.199. The molecule has 0 atom stereocenters. The lowest BCUT2D eigenvalue weighted by molar-refractivity contribution is 0.238. The van der Waals surface area contributed by atoms with Gasteiger partial charge in [-0.25, -0.2) is 0 Å². The number of ether oxygens (including phenoxy) is 2. The Labute approximate surface area is 98.6 Å². The highest BCUT2D eigenvalue weighted by atomic mass is 16.5. The van der Waals surface area contributed by atoms with Crippen LogP contribution in [0.15, 0.2) is 12.1 Å². The lowest BCUT2D eigenvalue weighted by atomic mass is 9.99. The van der Waals surface area contributed by atoms with Crippen LogP contribution in [0.5, 0.6) is 11.5 Å². The van der Waals surface area contributed by atoms with Gasteiger partial charge in [0.1, 0.15) is 11.5 Å². The smallest absolute Gasteiger partial charge is 0.123 e. The van der Waals surface area contributed by atoms with Gasteiger partial charge in [0.05, 0.1) is 13.2 Å². The average Bonchev–Trinajstić information content (AvgIpc) is 2.16. The van der Waals surface area contributed by atoms with Crippen LogP contribution >= 0.6 is 0 Å². The summed E-state index contributed by atoms with van der Waals surface area (Å²) in [6.07, 6.45) is 0.199. The van der Waals surface area contributed by atoms with E-state index in [0.29, 0.717) is 5.92 Å². The highest BCUT2D eigenvalue weighted by Gasteiger charge is 2.13. The quantitative estimate of drug-likeness (QED) is 0.769. The maximum Gasteiger partial charge on any atom is 0.123 e. The standard InChI is InChI=1S/C14H22O2/c1-9(2)12-8-13(15-6)11(5)7-14(12)16-10(3)4/h7-10H,1-6H3. The van der Waals surface area contributed by atoms with Crippen molar-refractivity contribution in [1.82, 2.24) is 0 Å². The summed E-state index contributed by atoms with van der Waals surface area (Å²) in [7, 11) is 1.70.